The number of fused-ring (bicyclic) bond motifs is 1. The van der Waals surface area contributed by atoms with Gasteiger partial charge in [-0.3, -0.25) is 9.59 Å². The summed E-state index contributed by atoms with van der Waals surface area (Å²) in [6.45, 7) is 8.54. The first-order valence-corrected chi connectivity index (χ1v) is 10.0. The number of benzene rings is 1. The molecule has 0 aliphatic rings. The average Bonchev–Trinajstić information content (AvgIpc) is 3.13. The van der Waals surface area contributed by atoms with Gasteiger partial charge in [-0.2, -0.15) is 5.10 Å². The third kappa shape index (κ3) is 4.79. The lowest BCUT2D eigenvalue weighted by molar-refractivity contribution is -0.135. The normalized spacial score (nSPS) is 11.3. The molecule has 3 rings (SSSR count). The highest BCUT2D eigenvalue weighted by Crippen LogP contribution is 2.19. The Bertz CT molecular complexity index is 1040. The lowest BCUT2D eigenvalue weighted by atomic mass is 10.0. The van der Waals surface area contributed by atoms with Gasteiger partial charge in [-0.15, -0.1) is 0 Å². The van der Waals surface area contributed by atoms with Crippen molar-refractivity contribution in [2.45, 2.75) is 46.2 Å². The number of primary amides is 1. The van der Waals surface area contributed by atoms with Gasteiger partial charge in [-0.25, -0.2) is 4.52 Å². The molecule has 158 valence electrons. The van der Waals surface area contributed by atoms with E-state index in [1.807, 2.05) is 50.2 Å². The highest BCUT2D eigenvalue weighted by molar-refractivity contribution is 5.99. The summed E-state index contributed by atoms with van der Waals surface area (Å²) in [5, 5.41) is 4.13. The van der Waals surface area contributed by atoms with Crippen molar-refractivity contribution in [3.05, 3.63) is 65.5 Å². The number of rotatable bonds is 8. The van der Waals surface area contributed by atoms with E-state index in [1.165, 1.54) is 11.8 Å². The predicted octanol–water partition coefficient (Wildman–Crippen LogP) is 3.37. The van der Waals surface area contributed by atoms with Crippen LogP contribution in [0.15, 0.2) is 48.8 Å². The van der Waals surface area contributed by atoms with E-state index >= 15 is 0 Å². The van der Waals surface area contributed by atoms with Gasteiger partial charge in [0, 0.05) is 18.8 Å². The maximum absolute atomic E-state index is 12.8. The van der Waals surface area contributed by atoms with Crippen molar-refractivity contribution in [1.29, 1.82) is 0 Å². The van der Waals surface area contributed by atoms with E-state index in [4.69, 9.17) is 10.5 Å². The second-order valence-corrected chi connectivity index (χ2v) is 7.92. The lowest BCUT2D eigenvalue weighted by Crippen LogP contribution is -2.39. The summed E-state index contributed by atoms with van der Waals surface area (Å²) >= 11 is 0. The summed E-state index contributed by atoms with van der Waals surface area (Å²) in [5.74, 6) is 0.473. The molecule has 1 aromatic carbocycles. The van der Waals surface area contributed by atoms with E-state index in [0.29, 0.717) is 29.3 Å². The van der Waals surface area contributed by atoms with E-state index in [0.717, 1.165) is 5.56 Å². The van der Waals surface area contributed by atoms with Crippen LogP contribution in [0.3, 0.4) is 0 Å². The van der Waals surface area contributed by atoms with Crippen molar-refractivity contribution in [2.24, 2.45) is 5.73 Å². The first kappa shape index (κ1) is 21.4. The van der Waals surface area contributed by atoms with Gasteiger partial charge in [0.05, 0.1) is 17.3 Å². The first-order valence-electron chi connectivity index (χ1n) is 10.0. The first-order chi connectivity index (χ1) is 14.3. The molecular weight excluding hydrogens is 380 g/mol. The van der Waals surface area contributed by atoms with Gasteiger partial charge in [0.25, 0.3) is 11.8 Å². The van der Waals surface area contributed by atoms with Gasteiger partial charge in [0.2, 0.25) is 0 Å². The topological polar surface area (TPSA) is 89.9 Å². The molecule has 7 nitrogen and oxygen atoms in total. The van der Waals surface area contributed by atoms with Gasteiger partial charge in [0.1, 0.15) is 5.75 Å². The maximum atomic E-state index is 12.8. The number of nitrogens with two attached hydrogens (primary N) is 1. The Labute approximate surface area is 176 Å². The number of hydrogen-bond acceptors (Lipinski definition) is 4. The number of carbonyl (C=O) groups excluding carboxylic acids is 2. The number of amides is 2. The van der Waals surface area contributed by atoms with E-state index < -0.39 is 5.91 Å². The van der Waals surface area contributed by atoms with Crippen LogP contribution in [-0.2, 0) is 11.3 Å². The molecule has 2 amide bonds. The fourth-order valence-corrected chi connectivity index (χ4v) is 3.24. The number of aromatic nitrogens is 2. The summed E-state index contributed by atoms with van der Waals surface area (Å²) in [7, 11) is 0. The molecule has 0 saturated heterocycles. The summed E-state index contributed by atoms with van der Waals surface area (Å²) < 4.78 is 7.31. The number of nitrogens with zero attached hydrogens (tertiary/aromatic N) is 3. The molecule has 0 spiro atoms. The minimum Gasteiger partial charge on any atom is -0.484 e. The Morgan fingerprint density at radius 3 is 2.43 bits per heavy atom. The lowest BCUT2D eigenvalue weighted by Gasteiger charge is -2.27. The largest absolute Gasteiger partial charge is 0.484 e. The van der Waals surface area contributed by atoms with E-state index in [-0.39, 0.29) is 18.6 Å². The second-order valence-electron chi connectivity index (χ2n) is 7.92. The SMILES string of the molecule is CC(C)c1ccc(OCC(=O)N(Cc2ccn3ncc(C(N)=O)c3c2)C(C)C)cc1. The van der Waals surface area contributed by atoms with Crippen molar-refractivity contribution in [3.8, 4) is 5.75 Å². The molecule has 0 saturated carbocycles. The van der Waals surface area contributed by atoms with Crippen molar-refractivity contribution in [1.82, 2.24) is 14.5 Å². The van der Waals surface area contributed by atoms with E-state index in [1.54, 1.807) is 15.6 Å². The van der Waals surface area contributed by atoms with Crippen LogP contribution in [0.4, 0.5) is 0 Å². The third-order valence-electron chi connectivity index (χ3n) is 5.06. The van der Waals surface area contributed by atoms with Crippen LogP contribution < -0.4 is 10.5 Å². The Balaban J connectivity index is 1.70. The van der Waals surface area contributed by atoms with Crippen LogP contribution in [0.1, 0.15) is 55.1 Å². The average molecular weight is 409 g/mol. The van der Waals surface area contributed by atoms with Crippen molar-refractivity contribution in [2.75, 3.05) is 6.61 Å². The van der Waals surface area contributed by atoms with Gasteiger partial charge < -0.3 is 15.4 Å². The zero-order chi connectivity index (χ0) is 21.8. The molecule has 0 aliphatic heterocycles. The van der Waals surface area contributed by atoms with Gasteiger partial charge in [-0.1, -0.05) is 26.0 Å². The second kappa shape index (κ2) is 8.98. The highest BCUT2D eigenvalue weighted by Gasteiger charge is 2.19. The number of hydrogen-bond donors (Lipinski definition) is 1. The summed E-state index contributed by atoms with van der Waals surface area (Å²) in [4.78, 5) is 26.2. The van der Waals surface area contributed by atoms with Crippen LogP contribution in [0.2, 0.25) is 0 Å². The molecule has 2 heterocycles. The van der Waals surface area contributed by atoms with Crippen molar-refractivity contribution < 1.29 is 14.3 Å². The maximum Gasteiger partial charge on any atom is 0.261 e. The highest BCUT2D eigenvalue weighted by atomic mass is 16.5. The summed E-state index contributed by atoms with van der Waals surface area (Å²) in [5.41, 5.74) is 8.50. The van der Waals surface area contributed by atoms with Gasteiger partial charge in [-0.05, 0) is 55.2 Å². The van der Waals surface area contributed by atoms with E-state index in [9.17, 15) is 9.59 Å². The van der Waals surface area contributed by atoms with Gasteiger partial charge in [0.15, 0.2) is 6.61 Å². The molecule has 0 fully saturated rings. The fraction of sp³-hybridized carbons (Fsp3) is 0.348. The molecule has 2 N–H and O–H groups in total. The van der Waals surface area contributed by atoms with Crippen LogP contribution in [0.25, 0.3) is 5.52 Å². The summed E-state index contributed by atoms with van der Waals surface area (Å²) in [6.07, 6.45) is 3.21. The van der Waals surface area contributed by atoms with Crippen LogP contribution in [0.5, 0.6) is 5.75 Å². The number of ether oxygens (including phenoxy) is 1. The zero-order valence-electron chi connectivity index (χ0n) is 17.8. The summed E-state index contributed by atoms with van der Waals surface area (Å²) in [6, 6.07) is 11.5. The zero-order valence-corrected chi connectivity index (χ0v) is 17.8. The van der Waals surface area contributed by atoms with Gasteiger partial charge >= 0.3 is 0 Å². The molecule has 0 unspecified atom stereocenters. The minimum atomic E-state index is -0.532. The Morgan fingerprint density at radius 1 is 1.13 bits per heavy atom. The predicted molar refractivity (Wildman–Crippen MR) is 115 cm³/mol. The Hall–Kier alpha value is -3.35. The smallest absolute Gasteiger partial charge is 0.261 e. The molecular formula is C23H28N4O3. The molecule has 2 aromatic heterocycles. The molecule has 3 aromatic rings. The van der Waals surface area contributed by atoms with E-state index in [2.05, 4.69) is 18.9 Å². The quantitative estimate of drug-likeness (QED) is 0.619. The van der Waals surface area contributed by atoms with Crippen LogP contribution in [-0.4, -0.2) is 39.0 Å². The number of carbonyl (C=O) groups is 2. The minimum absolute atomic E-state index is 0.0128. The molecule has 0 atom stereocenters. The monoisotopic (exact) mass is 408 g/mol. The molecule has 30 heavy (non-hydrogen) atoms. The Kier molecular flexibility index (Phi) is 6.40. The standard InChI is InChI=1S/C23H28N4O3/c1-15(2)18-5-7-19(8-6-18)30-14-22(28)26(16(3)4)13-17-9-10-27-21(11-17)20(12-25-27)23(24)29/h5-12,15-16H,13-14H2,1-4H3,(H2,24,29). The molecule has 7 heteroatoms. The van der Waals surface area contributed by atoms with Crippen LogP contribution in [0, 0.1) is 0 Å². The van der Waals surface area contributed by atoms with Crippen molar-refractivity contribution >= 4 is 17.3 Å². The Morgan fingerprint density at radius 2 is 1.83 bits per heavy atom. The fourth-order valence-electron chi connectivity index (χ4n) is 3.24. The molecule has 0 radical (unpaired) electrons. The van der Waals surface area contributed by atoms with Crippen LogP contribution >= 0.6 is 0 Å². The molecule has 0 bridgehead atoms. The van der Waals surface area contributed by atoms with Crippen molar-refractivity contribution in [3.63, 3.8) is 0 Å². The third-order valence-corrected chi connectivity index (χ3v) is 5.06. The molecule has 0 aliphatic carbocycles. The number of pyridine rings is 1.